The molecule has 1 aliphatic rings. The number of hydrogen-bond acceptors (Lipinski definition) is 7. The number of anilines is 1. The zero-order chi connectivity index (χ0) is 27.4. The molecule has 10 nitrogen and oxygen atoms in total. The molecule has 3 aromatic carbocycles. The Morgan fingerprint density at radius 3 is 2.50 bits per heavy atom. The molecule has 4 amide bonds. The Morgan fingerprint density at radius 1 is 1.08 bits per heavy atom. The number of nitrogens with zero attached hydrogens (tertiary/aromatic N) is 2. The summed E-state index contributed by atoms with van der Waals surface area (Å²) < 4.78 is 25.4. The molecule has 0 unspecified atom stereocenters. The van der Waals surface area contributed by atoms with Crippen molar-refractivity contribution in [3.05, 3.63) is 96.9 Å². The fourth-order valence-electron chi connectivity index (χ4n) is 3.61. The van der Waals surface area contributed by atoms with Gasteiger partial charge in [-0.15, -0.1) is 0 Å². The molecule has 0 radical (unpaired) electrons. The number of carbonyl (C=O) groups is 3. The number of nitro groups is 1. The number of nitrogens with one attached hydrogen (secondary N) is 1. The molecule has 194 valence electrons. The first-order valence-corrected chi connectivity index (χ1v) is 12.2. The molecule has 0 aliphatic carbocycles. The van der Waals surface area contributed by atoms with E-state index in [1.54, 1.807) is 31.2 Å². The summed E-state index contributed by atoms with van der Waals surface area (Å²) in [5, 5.41) is 13.2. The maximum atomic E-state index is 13.2. The summed E-state index contributed by atoms with van der Waals surface area (Å²) in [5.74, 6) is -1.44. The molecule has 3 aromatic rings. The molecule has 0 spiro atoms. The minimum Gasteiger partial charge on any atom is -0.490 e. The van der Waals surface area contributed by atoms with Crippen LogP contribution in [0.3, 0.4) is 0 Å². The molecule has 1 fully saturated rings. The minimum atomic E-state index is -1.02. The number of rotatable bonds is 8. The van der Waals surface area contributed by atoms with E-state index in [-0.39, 0.29) is 29.4 Å². The Kier molecular flexibility index (Phi) is 8.00. The van der Waals surface area contributed by atoms with Crippen molar-refractivity contribution >= 4 is 57.9 Å². The van der Waals surface area contributed by atoms with Crippen LogP contribution in [0.25, 0.3) is 6.08 Å². The maximum absolute atomic E-state index is 13.2. The topological polar surface area (TPSA) is 128 Å². The molecule has 0 saturated carbocycles. The standard InChI is InChI=1S/C26H19FIN3O7/c1-2-37-22-12-16(11-21(28)23(22)38-14-15-6-8-17(27)9-7-15)10-20-24(32)29-26(34)30(25(20)33)18-4-3-5-19(13-18)31(35)36/h3-13H,2,14H2,1H3,(H,29,32,34)/b20-10+. The summed E-state index contributed by atoms with van der Waals surface area (Å²) in [4.78, 5) is 49.4. The van der Waals surface area contributed by atoms with E-state index >= 15 is 0 Å². The Balaban J connectivity index is 1.66. The van der Waals surface area contributed by atoms with Crippen LogP contribution >= 0.6 is 22.6 Å². The van der Waals surface area contributed by atoms with Gasteiger partial charge in [0.25, 0.3) is 17.5 Å². The second-order valence-electron chi connectivity index (χ2n) is 7.91. The number of hydrogen-bond donors (Lipinski definition) is 1. The number of barbiturate groups is 1. The second-order valence-corrected chi connectivity index (χ2v) is 9.08. The molecular formula is C26H19FIN3O7. The van der Waals surface area contributed by atoms with Crippen molar-refractivity contribution < 1.29 is 33.2 Å². The molecular weight excluding hydrogens is 612 g/mol. The molecule has 1 saturated heterocycles. The first kappa shape index (κ1) is 26.7. The van der Waals surface area contributed by atoms with Crippen LogP contribution in [-0.4, -0.2) is 29.4 Å². The van der Waals surface area contributed by atoms with Crippen molar-refractivity contribution in [1.82, 2.24) is 5.32 Å². The van der Waals surface area contributed by atoms with Gasteiger partial charge in [0.15, 0.2) is 11.5 Å². The monoisotopic (exact) mass is 631 g/mol. The number of nitro benzene ring substituents is 1. The van der Waals surface area contributed by atoms with Crippen molar-refractivity contribution in [3.8, 4) is 11.5 Å². The molecule has 1 aliphatic heterocycles. The first-order chi connectivity index (χ1) is 18.2. The number of benzene rings is 3. The van der Waals surface area contributed by atoms with Gasteiger partial charge in [0.1, 0.15) is 18.0 Å². The lowest BCUT2D eigenvalue weighted by Crippen LogP contribution is -2.54. The smallest absolute Gasteiger partial charge is 0.335 e. The molecule has 1 heterocycles. The van der Waals surface area contributed by atoms with Gasteiger partial charge in [-0.1, -0.05) is 18.2 Å². The fraction of sp³-hybridized carbons (Fsp3) is 0.115. The average molecular weight is 631 g/mol. The lowest BCUT2D eigenvalue weighted by atomic mass is 10.1. The Bertz CT molecular complexity index is 1470. The van der Waals surface area contributed by atoms with Crippen molar-refractivity contribution in [2.75, 3.05) is 11.5 Å². The predicted molar refractivity (Wildman–Crippen MR) is 143 cm³/mol. The number of amides is 4. The van der Waals surface area contributed by atoms with Gasteiger partial charge >= 0.3 is 6.03 Å². The van der Waals surface area contributed by atoms with E-state index in [0.717, 1.165) is 11.6 Å². The Hall–Kier alpha value is -4.33. The van der Waals surface area contributed by atoms with Crippen molar-refractivity contribution in [2.24, 2.45) is 0 Å². The Morgan fingerprint density at radius 2 is 1.82 bits per heavy atom. The van der Waals surface area contributed by atoms with E-state index in [2.05, 4.69) is 5.32 Å². The summed E-state index contributed by atoms with van der Waals surface area (Å²) in [6.45, 7) is 2.23. The van der Waals surface area contributed by atoms with E-state index in [1.807, 2.05) is 22.6 Å². The number of ether oxygens (including phenoxy) is 2. The predicted octanol–water partition coefficient (Wildman–Crippen LogP) is 4.98. The summed E-state index contributed by atoms with van der Waals surface area (Å²) in [6.07, 6.45) is 1.29. The van der Waals surface area contributed by atoms with Gasteiger partial charge in [-0.2, -0.15) is 0 Å². The quantitative estimate of drug-likeness (QED) is 0.122. The van der Waals surface area contributed by atoms with Crippen LogP contribution < -0.4 is 19.7 Å². The number of carbonyl (C=O) groups excluding carboxylic acids is 3. The third-order valence-electron chi connectivity index (χ3n) is 5.34. The van der Waals surface area contributed by atoms with Gasteiger partial charge in [-0.05, 0) is 77.0 Å². The van der Waals surface area contributed by atoms with Crippen LogP contribution in [0.1, 0.15) is 18.1 Å². The minimum absolute atomic E-state index is 0.0609. The summed E-state index contributed by atoms with van der Waals surface area (Å²) >= 11 is 2.02. The average Bonchev–Trinajstić information content (AvgIpc) is 2.87. The lowest BCUT2D eigenvalue weighted by molar-refractivity contribution is -0.384. The summed E-state index contributed by atoms with van der Waals surface area (Å²) in [7, 11) is 0. The van der Waals surface area contributed by atoms with Gasteiger partial charge in [-0.3, -0.25) is 25.0 Å². The molecule has 38 heavy (non-hydrogen) atoms. The summed E-state index contributed by atoms with van der Waals surface area (Å²) in [6, 6.07) is 13.0. The van der Waals surface area contributed by atoms with E-state index in [4.69, 9.17) is 9.47 Å². The van der Waals surface area contributed by atoms with Crippen molar-refractivity contribution in [2.45, 2.75) is 13.5 Å². The zero-order valence-electron chi connectivity index (χ0n) is 19.8. The highest BCUT2D eigenvalue weighted by Gasteiger charge is 2.37. The van der Waals surface area contributed by atoms with E-state index in [0.29, 0.717) is 32.1 Å². The van der Waals surface area contributed by atoms with Gasteiger partial charge in [0.05, 0.1) is 20.8 Å². The normalized spacial score (nSPS) is 14.4. The number of urea groups is 1. The molecule has 12 heteroatoms. The first-order valence-electron chi connectivity index (χ1n) is 11.2. The van der Waals surface area contributed by atoms with Crippen LogP contribution in [-0.2, 0) is 16.2 Å². The largest absolute Gasteiger partial charge is 0.490 e. The van der Waals surface area contributed by atoms with E-state index in [1.165, 1.54) is 36.4 Å². The maximum Gasteiger partial charge on any atom is 0.335 e. The van der Waals surface area contributed by atoms with Crippen LogP contribution in [0.5, 0.6) is 11.5 Å². The lowest BCUT2D eigenvalue weighted by Gasteiger charge is -2.26. The number of imide groups is 2. The van der Waals surface area contributed by atoms with E-state index in [9.17, 15) is 28.9 Å². The van der Waals surface area contributed by atoms with Crippen LogP contribution in [0, 0.1) is 19.5 Å². The molecule has 0 bridgehead atoms. The fourth-order valence-corrected chi connectivity index (χ4v) is 4.40. The molecule has 4 rings (SSSR count). The van der Waals surface area contributed by atoms with Gasteiger partial charge in [0.2, 0.25) is 0 Å². The van der Waals surface area contributed by atoms with Crippen LogP contribution in [0.4, 0.5) is 20.6 Å². The second kappa shape index (κ2) is 11.4. The van der Waals surface area contributed by atoms with Gasteiger partial charge in [-0.25, -0.2) is 14.1 Å². The van der Waals surface area contributed by atoms with Crippen molar-refractivity contribution in [3.63, 3.8) is 0 Å². The molecule has 0 atom stereocenters. The van der Waals surface area contributed by atoms with Gasteiger partial charge < -0.3 is 9.47 Å². The van der Waals surface area contributed by atoms with Crippen molar-refractivity contribution in [1.29, 1.82) is 0 Å². The highest BCUT2D eigenvalue weighted by atomic mass is 127. The van der Waals surface area contributed by atoms with Gasteiger partial charge in [0, 0.05) is 12.1 Å². The third-order valence-corrected chi connectivity index (χ3v) is 6.14. The summed E-state index contributed by atoms with van der Waals surface area (Å²) in [5.41, 5.74) is 0.422. The van der Waals surface area contributed by atoms with E-state index < -0.39 is 22.8 Å². The van der Waals surface area contributed by atoms with Crippen LogP contribution in [0.2, 0.25) is 0 Å². The highest BCUT2D eigenvalue weighted by Crippen LogP contribution is 2.36. The Labute approximate surface area is 229 Å². The highest BCUT2D eigenvalue weighted by molar-refractivity contribution is 14.1. The number of halogens is 2. The molecule has 1 N–H and O–H groups in total. The third kappa shape index (κ3) is 5.80. The SMILES string of the molecule is CCOc1cc(/C=C2\C(=O)NC(=O)N(c3cccc([N+](=O)[O-])c3)C2=O)cc(I)c1OCc1ccc(F)cc1. The zero-order valence-corrected chi connectivity index (χ0v) is 21.9. The number of non-ortho nitro benzene ring substituents is 1. The molecule has 0 aromatic heterocycles. The van der Waals surface area contributed by atoms with Crippen LogP contribution in [0.15, 0.2) is 66.2 Å².